The van der Waals surface area contributed by atoms with E-state index in [0.717, 1.165) is 18.9 Å². The number of nitrogens with one attached hydrogen (secondary N) is 2. The first-order valence-corrected chi connectivity index (χ1v) is 28.6. The highest BCUT2D eigenvalue weighted by Gasteiger charge is 2.59. The van der Waals surface area contributed by atoms with Gasteiger partial charge in [0, 0.05) is 75.9 Å². The number of ether oxygens (including phenoxy) is 9. The molecule has 0 spiro atoms. The first-order valence-electron chi connectivity index (χ1n) is 28.6. The second-order valence-corrected chi connectivity index (χ2v) is 24.4. The fourth-order valence-electron chi connectivity index (χ4n) is 13.0. The smallest absolute Gasteiger partial charge is 0.481 e. The predicted octanol–water partition coefficient (Wildman–Crippen LogP) is 4.73. The highest BCUT2D eigenvalue weighted by molar-refractivity contribution is 6.13. The van der Waals surface area contributed by atoms with E-state index in [1.165, 1.54) is 7.11 Å². The lowest BCUT2D eigenvalue weighted by molar-refractivity contribution is -0.318. The number of cyclic esters (lactones) is 1. The highest BCUT2D eigenvalue weighted by atomic mass is 19.1. The Hall–Kier alpha value is -4.30. The van der Waals surface area contributed by atoms with Gasteiger partial charge in [-0.15, -0.1) is 0 Å². The van der Waals surface area contributed by atoms with Crippen LogP contribution in [0.1, 0.15) is 125 Å². The average Bonchev–Trinajstić information content (AvgIpc) is 4.26. The maximum Gasteiger partial charge on any atom is 0.509 e. The predicted molar refractivity (Wildman–Crippen MR) is 289 cm³/mol. The molecule has 0 amide bonds. The minimum Gasteiger partial charge on any atom is -0.481 e. The van der Waals surface area contributed by atoms with E-state index in [9.17, 15) is 39.3 Å². The van der Waals surface area contributed by atoms with Gasteiger partial charge in [-0.25, -0.2) is 9.18 Å². The van der Waals surface area contributed by atoms with Crippen molar-refractivity contribution in [1.82, 2.24) is 15.1 Å². The number of carboxylic acid groups (broad SMARTS) is 1. The van der Waals surface area contributed by atoms with Crippen molar-refractivity contribution in [2.75, 3.05) is 71.2 Å². The Morgan fingerprint density at radius 2 is 1.64 bits per heavy atom. The number of aliphatic hydroxyl groups is 2. The molecule has 5 heterocycles. The molecular formula is C57H90FN5O17. The number of ketones is 1. The summed E-state index contributed by atoms with van der Waals surface area (Å²) in [6.45, 7) is 19.3. The maximum atomic E-state index is 15.3. The summed E-state index contributed by atoms with van der Waals surface area (Å²) in [5.74, 6) is -7.12. The first-order chi connectivity index (χ1) is 37.5. The summed E-state index contributed by atoms with van der Waals surface area (Å²) < 4.78 is 72.2. The van der Waals surface area contributed by atoms with Gasteiger partial charge in [0.2, 0.25) is 0 Å². The third-order valence-corrected chi connectivity index (χ3v) is 17.7. The number of likely N-dealkylation sites (N-methyl/N-ethyl adjacent to an activating group) is 2. The summed E-state index contributed by atoms with van der Waals surface area (Å²) in [5.41, 5.74) is -3.45. The van der Waals surface area contributed by atoms with Crippen molar-refractivity contribution < 1.29 is 86.3 Å². The van der Waals surface area contributed by atoms with E-state index in [-0.39, 0.29) is 80.7 Å². The molecule has 5 aliphatic heterocycles. The van der Waals surface area contributed by atoms with E-state index in [1.807, 2.05) is 63.5 Å². The van der Waals surface area contributed by atoms with Crippen LogP contribution in [0.5, 0.6) is 0 Å². The third-order valence-electron chi connectivity index (χ3n) is 17.7. The number of rotatable bonds is 17. The Morgan fingerprint density at radius 3 is 2.27 bits per heavy atom. The second-order valence-electron chi connectivity index (χ2n) is 24.4. The molecule has 80 heavy (non-hydrogen) atoms. The summed E-state index contributed by atoms with van der Waals surface area (Å²) >= 11 is 0. The molecule has 6 aliphatic rings. The van der Waals surface area contributed by atoms with Crippen LogP contribution >= 0.6 is 0 Å². The van der Waals surface area contributed by atoms with Crippen molar-refractivity contribution in [3.63, 3.8) is 0 Å². The lowest BCUT2D eigenvalue weighted by Crippen LogP contribution is -2.61. The van der Waals surface area contributed by atoms with Crippen LogP contribution in [0.2, 0.25) is 0 Å². The van der Waals surface area contributed by atoms with Gasteiger partial charge in [-0.3, -0.25) is 24.1 Å². The Labute approximate surface area is 470 Å². The molecule has 19 atom stereocenters. The number of esters is 2. The average molecular weight is 1140 g/mol. The molecule has 5 N–H and O–H groups in total. The van der Waals surface area contributed by atoms with Crippen LogP contribution in [0.3, 0.4) is 0 Å². The number of hydrogen-bond acceptors (Lipinski definition) is 21. The lowest BCUT2D eigenvalue weighted by Gasteiger charge is -2.49. The van der Waals surface area contributed by atoms with Gasteiger partial charge in [0.25, 0.3) is 0 Å². The molecule has 0 aromatic heterocycles. The second kappa shape index (κ2) is 25.7. The summed E-state index contributed by atoms with van der Waals surface area (Å²) in [4.78, 5) is 71.9. The van der Waals surface area contributed by atoms with Gasteiger partial charge >= 0.3 is 24.1 Å². The zero-order valence-electron chi connectivity index (χ0n) is 49.2. The number of fused-ring (bicyclic) bond motifs is 2. The van der Waals surface area contributed by atoms with E-state index in [4.69, 9.17) is 42.6 Å². The zero-order chi connectivity index (χ0) is 58.9. The van der Waals surface area contributed by atoms with Crippen molar-refractivity contribution >= 4 is 41.2 Å². The van der Waals surface area contributed by atoms with Crippen LogP contribution < -0.4 is 15.5 Å². The number of carboxylic acids is 1. The maximum absolute atomic E-state index is 15.3. The normalized spacial score (nSPS) is 39.5. The Bertz CT molecular complexity index is 2360. The summed E-state index contributed by atoms with van der Waals surface area (Å²) in [5, 5.41) is 40.5. The fraction of sp³-hybridized carbons (Fsp3) is 0.807. The van der Waals surface area contributed by atoms with Gasteiger partial charge in [0.15, 0.2) is 36.2 Å². The quantitative estimate of drug-likeness (QED) is 0.0611. The number of carbonyl (C=O) groups excluding carboxylic acids is 4. The number of anilines is 2. The SMILES string of the molecule is CC[C@H]1OC(=O)[C@H](C)[C@@H](O[C@H]2C[C@@](C)(OC)[C@@H](OC(=O)CCNCCNc3cc4c(cc3F)C(=O)C(C(=O)O)CN4C3CC3)[C@H](C)O2)[C@H](C)[C@H](O[C@@H]2O[C@H](C)C[C@H](N(C)C)[C@H]2O)[C@](C)(O)C[C@@H](C)CN(C)[C@H](C)[C@H]2OC(=O)O[C@@]21C. The summed E-state index contributed by atoms with van der Waals surface area (Å²) in [6.07, 6.45) is -7.62. The van der Waals surface area contributed by atoms with E-state index < -0.39 is 132 Å². The van der Waals surface area contributed by atoms with Gasteiger partial charge in [-0.2, -0.15) is 0 Å². The summed E-state index contributed by atoms with van der Waals surface area (Å²) in [7, 11) is 7.13. The van der Waals surface area contributed by atoms with E-state index in [2.05, 4.69) is 10.6 Å². The molecular weight excluding hydrogens is 1050 g/mol. The molecule has 1 saturated carbocycles. The molecule has 4 saturated heterocycles. The Morgan fingerprint density at radius 1 is 0.938 bits per heavy atom. The third kappa shape index (κ3) is 13.9. The van der Waals surface area contributed by atoms with Crippen molar-refractivity contribution in [3.8, 4) is 0 Å². The molecule has 0 radical (unpaired) electrons. The number of nitrogens with zero attached hydrogens (tertiary/aromatic N) is 3. The van der Waals surface area contributed by atoms with E-state index in [0.29, 0.717) is 25.2 Å². The molecule has 0 bridgehead atoms. The standard InChI is InChI=1S/C57H90FN5O17/c1-15-42-57(10)49(79-54(70)80-57)33(6)62(13)27-29(2)25-55(8,71)48(78-53-46(66)41(61(11)12)22-30(3)73-53)31(4)47(32(5)52(69)75-42)77-44-26-56(9,72-14)50(34(7)74-44)76-43(64)18-19-59-20-21-60-39-24-40-36(23-38(39)58)45(65)37(51(67)68)28-63(40)35-16-17-35/h23-24,29-35,37,41-42,44,46-50,53,59-60,66,71H,15-22,25-28H2,1-14H3,(H,67,68)/t29-,30-,31+,32-,33-,34+,37?,41+,42-,44+,46-,47+,48+,49-,50+,53+,55-,56-,57-/m1/s1. The molecule has 7 rings (SSSR count). The molecule has 1 aromatic rings. The molecule has 23 heteroatoms. The molecule has 452 valence electrons. The summed E-state index contributed by atoms with van der Waals surface area (Å²) in [6, 6.07) is 2.03. The number of halogens is 1. The lowest BCUT2D eigenvalue weighted by atomic mass is 9.77. The topological polar surface area (TPSA) is 263 Å². The molecule has 22 nitrogen and oxygen atoms in total. The number of methoxy groups -OCH3 is 1. The minimum atomic E-state index is -1.64. The highest BCUT2D eigenvalue weighted by Crippen LogP contribution is 2.44. The van der Waals surface area contributed by atoms with Gasteiger partial charge in [-0.05, 0) is 120 Å². The Balaban J connectivity index is 1.06. The van der Waals surface area contributed by atoms with Crippen molar-refractivity contribution in [2.24, 2.45) is 23.7 Å². The molecule has 1 aromatic carbocycles. The van der Waals surface area contributed by atoms with Gasteiger partial charge in [0.1, 0.15) is 29.5 Å². The molecule has 1 unspecified atom stereocenters. The van der Waals surface area contributed by atoms with Gasteiger partial charge in [-0.1, -0.05) is 20.8 Å². The van der Waals surface area contributed by atoms with Crippen LogP contribution in [0.15, 0.2) is 12.1 Å². The zero-order valence-corrected chi connectivity index (χ0v) is 49.2. The van der Waals surface area contributed by atoms with E-state index in [1.54, 1.807) is 47.6 Å². The van der Waals surface area contributed by atoms with Crippen molar-refractivity contribution in [1.29, 1.82) is 0 Å². The van der Waals surface area contributed by atoms with Crippen LogP contribution in [0, 0.1) is 29.5 Å². The number of Topliss-reactive ketones (excluding diaryl/α,β-unsaturated/α-hetero) is 1. The fourth-order valence-corrected chi connectivity index (χ4v) is 13.0. The van der Waals surface area contributed by atoms with Crippen LogP contribution in [0.4, 0.5) is 20.6 Å². The van der Waals surface area contributed by atoms with E-state index >= 15 is 4.39 Å². The van der Waals surface area contributed by atoms with Crippen molar-refractivity contribution in [3.05, 3.63) is 23.5 Å². The van der Waals surface area contributed by atoms with Crippen molar-refractivity contribution in [2.45, 2.75) is 211 Å². The largest absolute Gasteiger partial charge is 0.509 e. The molecule has 1 aliphatic carbocycles. The minimum absolute atomic E-state index is 0.0208. The van der Waals surface area contributed by atoms with Gasteiger partial charge in [0.05, 0.1) is 53.7 Å². The monoisotopic (exact) mass is 1140 g/mol. The number of hydrogen-bond donors (Lipinski definition) is 5. The van der Waals surface area contributed by atoms with Crippen LogP contribution in [-0.4, -0.2) is 212 Å². The van der Waals surface area contributed by atoms with Crippen LogP contribution in [-0.2, 0) is 57.0 Å². The van der Waals surface area contributed by atoms with Crippen LogP contribution in [0.25, 0.3) is 0 Å². The first kappa shape index (κ1) is 63.3. The number of aliphatic hydroxyl groups excluding tert-OH is 1. The number of benzene rings is 1. The number of carbonyl (C=O) groups is 5. The van der Waals surface area contributed by atoms with Gasteiger partial charge < -0.3 is 78.4 Å². The number of aliphatic carboxylic acids is 1. The Kier molecular flexibility index (Phi) is 20.3. The molecule has 5 fully saturated rings.